The van der Waals surface area contributed by atoms with Gasteiger partial charge in [-0.05, 0) is 82.9 Å². The summed E-state index contributed by atoms with van der Waals surface area (Å²) in [5, 5.41) is 3.97. The Morgan fingerprint density at radius 1 is 0.292 bits per heavy atom. The minimum Gasteiger partial charge on any atom is -0.309 e. The molecule has 13 rings (SSSR count). The van der Waals surface area contributed by atoms with Crippen molar-refractivity contribution in [2.75, 3.05) is 0 Å². The molecule has 342 valence electrons. The Kier molecular flexibility index (Phi) is 10.2. The highest BCUT2D eigenvalue weighted by atomic mass is 19.4. The van der Waals surface area contributed by atoms with Crippen LogP contribution in [-0.2, 0) is 6.18 Å². The number of benzene rings is 10. The molecule has 7 heteroatoms. The molecule has 0 fully saturated rings. The van der Waals surface area contributed by atoms with Gasteiger partial charge in [0.15, 0.2) is 5.82 Å². The Hall–Kier alpha value is -9.33. The lowest BCUT2D eigenvalue weighted by molar-refractivity contribution is -0.137. The Balaban J connectivity index is 1.11. The first kappa shape index (κ1) is 42.7. The van der Waals surface area contributed by atoms with Crippen molar-refractivity contribution in [2.45, 2.75) is 6.18 Å². The highest BCUT2D eigenvalue weighted by Crippen LogP contribution is 2.45. The van der Waals surface area contributed by atoms with Crippen molar-refractivity contribution in [2.24, 2.45) is 0 Å². The lowest BCUT2D eigenvalue weighted by atomic mass is 9.96. The first-order valence-corrected chi connectivity index (χ1v) is 23.9. The van der Waals surface area contributed by atoms with E-state index in [1.54, 1.807) is 6.07 Å². The average Bonchev–Trinajstić information content (AvgIpc) is 3.95. The molecule has 0 unspecified atom stereocenters. The summed E-state index contributed by atoms with van der Waals surface area (Å²) >= 11 is 0. The molecular weight excluding hydrogens is 894 g/mol. The van der Waals surface area contributed by atoms with Crippen LogP contribution in [0.1, 0.15) is 5.56 Å². The number of aromatic nitrogens is 4. The van der Waals surface area contributed by atoms with E-state index >= 15 is 13.2 Å². The van der Waals surface area contributed by atoms with Crippen molar-refractivity contribution >= 4 is 43.6 Å². The summed E-state index contributed by atoms with van der Waals surface area (Å²) < 4.78 is 49.7. The van der Waals surface area contributed by atoms with Crippen LogP contribution in [0.2, 0.25) is 0 Å². The predicted octanol–water partition coefficient (Wildman–Crippen LogP) is 17.7. The molecule has 0 saturated carbocycles. The maximum atomic E-state index is 15.1. The van der Waals surface area contributed by atoms with Crippen LogP contribution in [0.25, 0.3) is 122 Å². The second kappa shape index (κ2) is 17.3. The largest absolute Gasteiger partial charge is 0.416 e. The summed E-state index contributed by atoms with van der Waals surface area (Å²) in [7, 11) is 0. The third-order valence-electron chi connectivity index (χ3n) is 13.8. The van der Waals surface area contributed by atoms with Crippen molar-refractivity contribution in [3.63, 3.8) is 0 Å². The molecule has 0 aliphatic heterocycles. The lowest BCUT2D eigenvalue weighted by Crippen LogP contribution is -2.08. The molecule has 0 aliphatic carbocycles. The normalized spacial score (nSPS) is 11.8. The summed E-state index contributed by atoms with van der Waals surface area (Å²) in [6.07, 6.45) is -4.61. The van der Waals surface area contributed by atoms with Crippen LogP contribution < -0.4 is 0 Å². The fourth-order valence-electron chi connectivity index (χ4n) is 10.4. The summed E-state index contributed by atoms with van der Waals surface area (Å²) in [6.45, 7) is 0. The zero-order valence-electron chi connectivity index (χ0n) is 38.6. The molecule has 3 aromatic heterocycles. The van der Waals surface area contributed by atoms with E-state index in [2.05, 4.69) is 83.4 Å². The van der Waals surface area contributed by atoms with Gasteiger partial charge in [-0.3, -0.25) is 0 Å². The molecule has 3 heterocycles. The van der Waals surface area contributed by atoms with Gasteiger partial charge in [-0.2, -0.15) is 13.2 Å². The monoisotopic (exact) mass is 934 g/mol. The molecule has 0 N–H and O–H groups in total. The summed E-state index contributed by atoms with van der Waals surface area (Å²) in [4.78, 5) is 10.3. The first-order chi connectivity index (χ1) is 35.3. The number of rotatable bonds is 8. The van der Waals surface area contributed by atoms with Gasteiger partial charge in [0.25, 0.3) is 0 Å². The number of nitrogens with zero attached hydrogens (tertiary/aromatic N) is 4. The fourth-order valence-corrected chi connectivity index (χ4v) is 10.4. The lowest BCUT2D eigenvalue weighted by Gasteiger charge is -2.21. The highest BCUT2D eigenvalue weighted by Gasteiger charge is 2.32. The third-order valence-corrected chi connectivity index (χ3v) is 13.8. The van der Waals surface area contributed by atoms with Crippen molar-refractivity contribution in [3.8, 4) is 78.7 Å². The van der Waals surface area contributed by atoms with Gasteiger partial charge in [0.05, 0.1) is 50.4 Å². The number of alkyl halides is 3. The number of hydrogen-bond acceptors (Lipinski definition) is 2. The van der Waals surface area contributed by atoms with Gasteiger partial charge >= 0.3 is 6.18 Å². The Labute approximate surface area is 413 Å². The predicted molar refractivity (Wildman–Crippen MR) is 288 cm³/mol. The van der Waals surface area contributed by atoms with Crippen LogP contribution in [-0.4, -0.2) is 19.1 Å². The Morgan fingerprint density at radius 3 is 1.21 bits per heavy atom. The van der Waals surface area contributed by atoms with Gasteiger partial charge in [0.1, 0.15) is 0 Å². The van der Waals surface area contributed by atoms with Crippen LogP contribution in [0.15, 0.2) is 249 Å². The zero-order chi connectivity index (χ0) is 48.3. The van der Waals surface area contributed by atoms with E-state index in [1.165, 1.54) is 12.1 Å². The van der Waals surface area contributed by atoms with E-state index in [4.69, 9.17) is 9.97 Å². The maximum Gasteiger partial charge on any atom is 0.416 e. The molecule has 0 bridgehead atoms. The molecule has 0 amide bonds. The van der Waals surface area contributed by atoms with Gasteiger partial charge in [0.2, 0.25) is 0 Å². The second-order valence-corrected chi connectivity index (χ2v) is 18.1. The molecule has 72 heavy (non-hydrogen) atoms. The minimum absolute atomic E-state index is 0.407. The molecule has 0 radical (unpaired) electrons. The van der Waals surface area contributed by atoms with E-state index in [9.17, 15) is 0 Å². The molecule has 13 aromatic rings. The smallest absolute Gasteiger partial charge is 0.309 e. The fraction of sp³-hybridized carbons (Fsp3) is 0.0154. The highest BCUT2D eigenvalue weighted by molar-refractivity contribution is 6.13. The summed E-state index contributed by atoms with van der Waals surface area (Å²) in [5.74, 6) is 0.578. The van der Waals surface area contributed by atoms with E-state index < -0.39 is 11.7 Å². The first-order valence-electron chi connectivity index (χ1n) is 23.9. The number of para-hydroxylation sites is 2. The SMILES string of the molecule is FC(F)(F)c1ccc(-c2ccc(-c3cc(-c4ccccc4)nc(-c4ccccc4)n3)cc2-n2c3ccccc3c3cc(-c4ccccc4)ccc32)c(-n2c3ccccc3c3cc(-c4ccccc4)ccc32)c1. The van der Waals surface area contributed by atoms with Gasteiger partial charge in [0, 0.05) is 49.4 Å². The molecule has 10 aromatic carbocycles. The molecular formula is C65H41F3N4. The summed E-state index contributed by atoms with van der Waals surface area (Å²) in [6, 6.07) is 82.0. The van der Waals surface area contributed by atoms with Gasteiger partial charge in [-0.15, -0.1) is 0 Å². The van der Waals surface area contributed by atoms with Crippen LogP contribution in [0, 0.1) is 0 Å². The molecule has 0 atom stereocenters. The van der Waals surface area contributed by atoms with Crippen LogP contribution in [0.3, 0.4) is 0 Å². The zero-order valence-corrected chi connectivity index (χ0v) is 38.6. The van der Waals surface area contributed by atoms with E-state index in [1.807, 2.05) is 156 Å². The minimum atomic E-state index is -4.61. The Bertz CT molecular complexity index is 4120. The number of fused-ring (bicyclic) bond motifs is 6. The van der Waals surface area contributed by atoms with Gasteiger partial charge < -0.3 is 9.13 Å². The quantitative estimate of drug-likeness (QED) is 0.152. The summed E-state index contributed by atoms with van der Waals surface area (Å²) in [5.41, 5.74) is 13.7. The van der Waals surface area contributed by atoms with Crippen molar-refractivity contribution in [1.82, 2.24) is 19.1 Å². The van der Waals surface area contributed by atoms with Crippen molar-refractivity contribution in [1.29, 1.82) is 0 Å². The number of hydrogen-bond donors (Lipinski definition) is 0. The maximum absolute atomic E-state index is 15.1. The van der Waals surface area contributed by atoms with Crippen LogP contribution in [0.4, 0.5) is 13.2 Å². The molecule has 0 saturated heterocycles. The van der Waals surface area contributed by atoms with Crippen LogP contribution in [0.5, 0.6) is 0 Å². The van der Waals surface area contributed by atoms with Crippen LogP contribution >= 0.6 is 0 Å². The standard InChI is InChI=1S/C65H41F3N4/c66-65(67,68)49-32-34-53(63(40-49)72-59-28-16-14-26-51(59)55-38-47(31-36-61(55)72)43-19-7-2-8-20-43)52-33-29-48(57-41-56(44-21-9-3-10-22-44)69-64(70-57)45-23-11-4-12-24-45)39-62(52)71-58-27-15-13-25-50(58)54-37-46(30-35-60(54)71)42-17-5-1-6-18-42/h1-41H. The van der Waals surface area contributed by atoms with E-state index in [0.29, 0.717) is 22.8 Å². The van der Waals surface area contributed by atoms with Gasteiger partial charge in [-0.25, -0.2) is 9.97 Å². The topological polar surface area (TPSA) is 35.6 Å². The van der Waals surface area contributed by atoms with E-state index in [-0.39, 0.29) is 0 Å². The van der Waals surface area contributed by atoms with Crippen molar-refractivity contribution < 1.29 is 13.2 Å². The van der Waals surface area contributed by atoms with Crippen molar-refractivity contribution in [3.05, 3.63) is 254 Å². The molecule has 0 aliphatic rings. The average molecular weight is 935 g/mol. The van der Waals surface area contributed by atoms with E-state index in [0.717, 1.165) is 99.5 Å². The molecule has 0 spiro atoms. The third kappa shape index (κ3) is 7.42. The Morgan fingerprint density at radius 2 is 0.694 bits per heavy atom. The number of halogens is 3. The second-order valence-electron chi connectivity index (χ2n) is 18.1. The van der Waals surface area contributed by atoms with Gasteiger partial charge in [-0.1, -0.05) is 188 Å². The molecule has 4 nitrogen and oxygen atoms in total.